The molecule has 0 aliphatic carbocycles. The Morgan fingerprint density at radius 1 is 1.16 bits per heavy atom. The first kappa shape index (κ1) is 15.0. The second-order valence-electron chi connectivity index (χ2n) is 5.64. The van der Waals surface area contributed by atoms with Gasteiger partial charge in [-0.05, 0) is 26.0 Å². The highest BCUT2D eigenvalue weighted by Gasteiger charge is 2.14. The minimum absolute atomic E-state index is 0.253. The van der Waals surface area contributed by atoms with Gasteiger partial charge in [0.1, 0.15) is 12.1 Å². The third-order valence-electron chi connectivity index (χ3n) is 3.87. The molecule has 25 heavy (non-hydrogen) atoms. The van der Waals surface area contributed by atoms with Crippen LogP contribution in [0.5, 0.6) is 0 Å². The zero-order chi connectivity index (χ0) is 17.4. The van der Waals surface area contributed by atoms with Crippen molar-refractivity contribution in [3.05, 3.63) is 66.3 Å². The minimum Gasteiger partial charge on any atom is -0.320 e. The number of hydrogen-bond acceptors (Lipinski definition) is 5. The van der Waals surface area contributed by atoms with Gasteiger partial charge in [0.2, 0.25) is 0 Å². The van der Waals surface area contributed by atoms with Crippen LogP contribution >= 0.6 is 0 Å². The number of pyridine rings is 1. The third-order valence-corrected chi connectivity index (χ3v) is 3.87. The lowest BCUT2D eigenvalue weighted by Gasteiger charge is -2.09. The molecule has 1 amide bonds. The van der Waals surface area contributed by atoms with Crippen molar-refractivity contribution in [1.82, 2.24) is 29.1 Å². The fourth-order valence-electron chi connectivity index (χ4n) is 2.59. The summed E-state index contributed by atoms with van der Waals surface area (Å²) in [6, 6.07) is 5.47. The number of amides is 1. The summed E-state index contributed by atoms with van der Waals surface area (Å²) in [5.74, 6) is 0.471. The molecule has 0 spiro atoms. The van der Waals surface area contributed by atoms with Gasteiger partial charge in [-0.25, -0.2) is 19.5 Å². The van der Waals surface area contributed by atoms with E-state index in [1.165, 1.54) is 0 Å². The van der Waals surface area contributed by atoms with Crippen LogP contribution in [0.2, 0.25) is 0 Å². The maximum atomic E-state index is 12.6. The Morgan fingerprint density at radius 2 is 2.04 bits per heavy atom. The summed E-state index contributed by atoms with van der Waals surface area (Å²) in [4.78, 5) is 25.2. The van der Waals surface area contributed by atoms with Crippen LogP contribution in [0, 0.1) is 13.8 Å². The molecule has 0 bridgehead atoms. The van der Waals surface area contributed by atoms with E-state index in [1.807, 2.05) is 26.0 Å². The molecule has 0 saturated carbocycles. The van der Waals surface area contributed by atoms with Gasteiger partial charge in [-0.2, -0.15) is 5.10 Å². The van der Waals surface area contributed by atoms with Crippen LogP contribution in [0.1, 0.15) is 21.7 Å². The lowest BCUT2D eigenvalue weighted by Crippen LogP contribution is -2.16. The van der Waals surface area contributed by atoms with Crippen LogP contribution in [0.3, 0.4) is 0 Å². The van der Waals surface area contributed by atoms with Crippen molar-refractivity contribution >= 4 is 17.2 Å². The number of anilines is 1. The van der Waals surface area contributed by atoms with E-state index >= 15 is 0 Å². The van der Waals surface area contributed by atoms with Gasteiger partial charge in [0.15, 0.2) is 5.65 Å². The molecule has 0 aromatic carbocycles. The Bertz CT molecular complexity index is 1050. The summed E-state index contributed by atoms with van der Waals surface area (Å²) in [5, 5.41) is 7.19. The third kappa shape index (κ3) is 2.74. The predicted molar refractivity (Wildman–Crippen MR) is 91.8 cm³/mol. The molecule has 4 aromatic heterocycles. The Morgan fingerprint density at radius 3 is 2.76 bits per heavy atom. The molecule has 0 radical (unpaired) electrons. The van der Waals surface area contributed by atoms with Gasteiger partial charge in [-0.3, -0.25) is 9.36 Å². The van der Waals surface area contributed by atoms with Crippen LogP contribution in [0.25, 0.3) is 11.5 Å². The first-order valence-corrected chi connectivity index (χ1v) is 7.69. The average Bonchev–Trinajstić information content (AvgIpc) is 3.25. The Labute approximate surface area is 143 Å². The maximum absolute atomic E-state index is 12.6. The fraction of sp³-hybridized carbons (Fsp3) is 0.118. The molecule has 8 nitrogen and oxygen atoms in total. The van der Waals surface area contributed by atoms with E-state index in [2.05, 4.69) is 25.4 Å². The van der Waals surface area contributed by atoms with Crippen molar-refractivity contribution in [2.75, 3.05) is 5.32 Å². The van der Waals surface area contributed by atoms with Crippen molar-refractivity contribution in [2.24, 2.45) is 0 Å². The average molecular weight is 333 g/mol. The van der Waals surface area contributed by atoms with E-state index in [0.717, 1.165) is 22.9 Å². The van der Waals surface area contributed by atoms with Crippen molar-refractivity contribution in [3.63, 3.8) is 0 Å². The molecule has 0 unspecified atom stereocenters. The van der Waals surface area contributed by atoms with Gasteiger partial charge < -0.3 is 5.32 Å². The van der Waals surface area contributed by atoms with Crippen molar-refractivity contribution < 1.29 is 4.79 Å². The monoisotopic (exact) mass is 333 g/mol. The molecule has 4 aromatic rings. The number of imidazole rings is 1. The second-order valence-corrected chi connectivity index (χ2v) is 5.64. The SMILES string of the molecule is Cc1cc2ncc(C(=O)Nc3ccc(-n4ccnc4)nc3)c(C)n2n1. The fourth-order valence-corrected chi connectivity index (χ4v) is 2.59. The molecule has 4 heterocycles. The Hall–Kier alpha value is -3.55. The molecule has 124 valence electrons. The van der Waals surface area contributed by atoms with E-state index in [-0.39, 0.29) is 5.91 Å². The van der Waals surface area contributed by atoms with Crippen molar-refractivity contribution in [1.29, 1.82) is 0 Å². The van der Waals surface area contributed by atoms with E-state index < -0.39 is 0 Å². The minimum atomic E-state index is -0.253. The number of carbonyl (C=O) groups is 1. The summed E-state index contributed by atoms with van der Waals surface area (Å²) >= 11 is 0. The Kier molecular flexibility index (Phi) is 3.50. The van der Waals surface area contributed by atoms with E-state index in [0.29, 0.717) is 11.3 Å². The molecule has 8 heteroatoms. The summed E-state index contributed by atoms with van der Waals surface area (Å²) in [7, 11) is 0. The first-order chi connectivity index (χ1) is 12.1. The topological polar surface area (TPSA) is 90.0 Å². The molecule has 0 aliphatic rings. The number of nitrogens with zero attached hydrogens (tertiary/aromatic N) is 6. The predicted octanol–water partition coefficient (Wildman–Crippen LogP) is 2.18. The summed E-state index contributed by atoms with van der Waals surface area (Å²) in [5.41, 5.74) is 3.38. The highest BCUT2D eigenvalue weighted by atomic mass is 16.1. The zero-order valence-electron chi connectivity index (χ0n) is 13.7. The van der Waals surface area contributed by atoms with Crippen LogP contribution in [0.4, 0.5) is 5.69 Å². The lowest BCUT2D eigenvalue weighted by molar-refractivity contribution is 0.102. The molecule has 0 atom stereocenters. The molecule has 0 fully saturated rings. The summed E-state index contributed by atoms with van der Waals surface area (Å²) in [6.07, 6.45) is 8.31. The molecular formula is C17H15N7O. The number of fused-ring (bicyclic) bond motifs is 1. The van der Waals surface area contributed by atoms with E-state index in [1.54, 1.807) is 46.3 Å². The molecule has 4 rings (SSSR count). The number of rotatable bonds is 3. The zero-order valence-corrected chi connectivity index (χ0v) is 13.7. The number of nitrogens with one attached hydrogen (secondary N) is 1. The van der Waals surface area contributed by atoms with Gasteiger partial charge >= 0.3 is 0 Å². The van der Waals surface area contributed by atoms with Crippen molar-refractivity contribution in [3.8, 4) is 5.82 Å². The van der Waals surface area contributed by atoms with Crippen LogP contribution in [-0.4, -0.2) is 35.0 Å². The molecule has 0 aliphatic heterocycles. The largest absolute Gasteiger partial charge is 0.320 e. The summed E-state index contributed by atoms with van der Waals surface area (Å²) in [6.45, 7) is 3.73. The van der Waals surface area contributed by atoms with Gasteiger partial charge in [0, 0.05) is 24.7 Å². The highest BCUT2D eigenvalue weighted by Crippen LogP contribution is 2.14. The van der Waals surface area contributed by atoms with Gasteiger partial charge in [-0.1, -0.05) is 0 Å². The quantitative estimate of drug-likeness (QED) is 0.620. The van der Waals surface area contributed by atoms with E-state index in [4.69, 9.17) is 0 Å². The van der Waals surface area contributed by atoms with Crippen LogP contribution in [0.15, 0.2) is 49.3 Å². The molecule has 1 N–H and O–H groups in total. The van der Waals surface area contributed by atoms with Crippen LogP contribution < -0.4 is 5.32 Å². The normalized spacial score (nSPS) is 11.0. The number of hydrogen-bond donors (Lipinski definition) is 1. The van der Waals surface area contributed by atoms with Crippen molar-refractivity contribution in [2.45, 2.75) is 13.8 Å². The Balaban J connectivity index is 1.58. The number of aryl methyl sites for hydroxylation is 2. The first-order valence-electron chi connectivity index (χ1n) is 7.69. The van der Waals surface area contributed by atoms with Gasteiger partial charge in [-0.15, -0.1) is 0 Å². The number of carbonyl (C=O) groups excluding carboxylic acids is 1. The summed E-state index contributed by atoms with van der Waals surface area (Å²) < 4.78 is 3.46. The highest BCUT2D eigenvalue weighted by molar-refractivity contribution is 6.04. The van der Waals surface area contributed by atoms with Crippen LogP contribution in [-0.2, 0) is 0 Å². The van der Waals surface area contributed by atoms with Gasteiger partial charge in [0.05, 0.1) is 28.8 Å². The number of aromatic nitrogens is 6. The molecular weight excluding hydrogens is 318 g/mol. The standard InChI is InChI=1S/C17H15N7O/c1-11-7-16-20-9-14(12(2)24(16)22-11)17(25)21-13-3-4-15(19-8-13)23-6-5-18-10-23/h3-10H,1-2H3,(H,21,25). The van der Waals surface area contributed by atoms with E-state index in [9.17, 15) is 4.79 Å². The maximum Gasteiger partial charge on any atom is 0.259 e. The lowest BCUT2D eigenvalue weighted by atomic mass is 10.2. The van der Waals surface area contributed by atoms with Gasteiger partial charge in [0.25, 0.3) is 5.91 Å². The molecule has 0 saturated heterocycles. The second kappa shape index (κ2) is 5.82. The smallest absolute Gasteiger partial charge is 0.259 e.